The molecule has 1 aliphatic rings. The zero-order valence-corrected chi connectivity index (χ0v) is 15.2. The van der Waals surface area contributed by atoms with Gasteiger partial charge < -0.3 is 15.4 Å². The number of morpholine rings is 1. The Labute approximate surface area is 154 Å². The van der Waals surface area contributed by atoms with Crippen LogP contribution in [0.4, 0.5) is 4.39 Å². The molecule has 1 unspecified atom stereocenters. The molecule has 2 aromatic rings. The van der Waals surface area contributed by atoms with E-state index in [0.29, 0.717) is 38.3 Å². The predicted octanol–water partition coefficient (Wildman–Crippen LogP) is 2.94. The third-order valence-electron chi connectivity index (χ3n) is 4.18. The predicted molar refractivity (Wildman–Crippen MR) is 101 cm³/mol. The fourth-order valence-corrected chi connectivity index (χ4v) is 2.72. The number of nitrogens with zero attached hydrogens (tertiary/aromatic N) is 1. The molecule has 0 aliphatic carbocycles. The molecular weight excluding hydrogens is 331 g/mol. The van der Waals surface area contributed by atoms with Crippen LogP contribution < -0.4 is 5.73 Å². The number of rotatable bonds is 4. The Bertz CT molecular complexity index is 673. The van der Waals surface area contributed by atoms with Crippen molar-refractivity contribution < 1.29 is 13.9 Å². The smallest absolute Gasteiger partial charge is 0.224 e. The number of carbonyl (C=O) groups excluding carboxylic acids is 1. The van der Waals surface area contributed by atoms with Crippen LogP contribution in [-0.2, 0) is 16.0 Å². The van der Waals surface area contributed by atoms with Crippen LogP contribution in [0.3, 0.4) is 0 Å². The molecule has 0 bridgehead atoms. The van der Waals surface area contributed by atoms with Crippen molar-refractivity contribution in [2.75, 3.05) is 26.3 Å². The van der Waals surface area contributed by atoms with Crippen molar-refractivity contribution in [2.24, 2.45) is 5.73 Å². The molecule has 140 valence electrons. The Morgan fingerprint density at radius 2 is 1.73 bits per heavy atom. The largest absolute Gasteiger partial charge is 0.378 e. The van der Waals surface area contributed by atoms with Crippen LogP contribution in [0.25, 0.3) is 0 Å². The van der Waals surface area contributed by atoms with E-state index >= 15 is 0 Å². The Balaban J connectivity index is 0.000000290. The van der Waals surface area contributed by atoms with Gasteiger partial charge in [-0.05, 0) is 25.0 Å². The van der Waals surface area contributed by atoms with Gasteiger partial charge in [0.2, 0.25) is 5.91 Å². The number of benzene rings is 2. The van der Waals surface area contributed by atoms with E-state index in [1.165, 1.54) is 11.6 Å². The van der Waals surface area contributed by atoms with Gasteiger partial charge in [-0.15, -0.1) is 0 Å². The molecule has 0 radical (unpaired) electrons. The van der Waals surface area contributed by atoms with Gasteiger partial charge in [0.15, 0.2) is 0 Å². The molecule has 0 saturated carbocycles. The lowest BCUT2D eigenvalue weighted by Gasteiger charge is -2.27. The molecule has 0 spiro atoms. The summed E-state index contributed by atoms with van der Waals surface area (Å²) in [5.74, 6) is -0.246. The van der Waals surface area contributed by atoms with Crippen molar-refractivity contribution in [3.8, 4) is 0 Å². The lowest BCUT2D eigenvalue weighted by Crippen LogP contribution is -2.43. The molecule has 0 aromatic heterocycles. The molecule has 1 aliphatic heterocycles. The average molecular weight is 358 g/mol. The molecule has 1 fully saturated rings. The van der Waals surface area contributed by atoms with Gasteiger partial charge in [-0.3, -0.25) is 4.79 Å². The fraction of sp³-hybridized carbons (Fsp3) is 0.381. The Hall–Kier alpha value is -2.24. The SMILES string of the molecule is Cc1ccccc1.NC(CC(=O)N1CCOCC1)Cc1ccccc1F. The highest BCUT2D eigenvalue weighted by Gasteiger charge is 2.19. The average Bonchev–Trinajstić information content (AvgIpc) is 2.65. The lowest BCUT2D eigenvalue weighted by atomic mass is 10.0. The highest BCUT2D eigenvalue weighted by molar-refractivity contribution is 5.76. The molecule has 2 aromatic carbocycles. The van der Waals surface area contributed by atoms with E-state index in [1.807, 2.05) is 18.2 Å². The normalized spacial score (nSPS) is 15.0. The van der Waals surface area contributed by atoms with Crippen LogP contribution >= 0.6 is 0 Å². The molecule has 2 N–H and O–H groups in total. The molecule has 1 amide bonds. The maximum absolute atomic E-state index is 13.5. The lowest BCUT2D eigenvalue weighted by molar-refractivity contribution is -0.135. The first-order valence-corrected chi connectivity index (χ1v) is 8.92. The Kier molecular flexibility index (Phi) is 8.25. The van der Waals surface area contributed by atoms with E-state index < -0.39 is 0 Å². The number of halogens is 1. The van der Waals surface area contributed by atoms with Crippen LogP contribution in [-0.4, -0.2) is 43.2 Å². The van der Waals surface area contributed by atoms with Crippen molar-refractivity contribution in [1.82, 2.24) is 4.90 Å². The zero-order chi connectivity index (χ0) is 18.8. The van der Waals surface area contributed by atoms with Gasteiger partial charge in [0.1, 0.15) is 5.82 Å². The van der Waals surface area contributed by atoms with Gasteiger partial charge in [-0.2, -0.15) is 0 Å². The van der Waals surface area contributed by atoms with E-state index in [-0.39, 0.29) is 24.2 Å². The van der Waals surface area contributed by atoms with E-state index in [0.717, 1.165) is 0 Å². The summed E-state index contributed by atoms with van der Waals surface area (Å²) in [6.07, 6.45) is 0.622. The number of carbonyl (C=O) groups is 1. The highest BCUT2D eigenvalue weighted by atomic mass is 19.1. The first-order chi connectivity index (χ1) is 12.6. The molecule has 1 atom stereocenters. The van der Waals surface area contributed by atoms with Crippen molar-refractivity contribution in [2.45, 2.75) is 25.8 Å². The van der Waals surface area contributed by atoms with Crippen molar-refractivity contribution in [3.05, 3.63) is 71.5 Å². The van der Waals surface area contributed by atoms with Crippen molar-refractivity contribution in [3.63, 3.8) is 0 Å². The third kappa shape index (κ3) is 6.94. The van der Waals surface area contributed by atoms with Gasteiger partial charge in [0.25, 0.3) is 0 Å². The van der Waals surface area contributed by atoms with Gasteiger partial charge in [-0.1, -0.05) is 54.1 Å². The highest BCUT2D eigenvalue weighted by Crippen LogP contribution is 2.11. The van der Waals surface area contributed by atoms with E-state index in [2.05, 4.69) is 19.1 Å². The standard InChI is InChI=1S/C14H19FN2O2.C7H8/c15-13-4-2-1-3-11(13)9-12(16)10-14(18)17-5-7-19-8-6-17;1-7-5-3-2-4-6-7/h1-4,12H,5-10,16H2;2-6H,1H3. The maximum atomic E-state index is 13.5. The molecule has 5 heteroatoms. The molecular formula is C21H27FN2O2. The molecule has 1 saturated heterocycles. The molecule has 4 nitrogen and oxygen atoms in total. The topological polar surface area (TPSA) is 55.6 Å². The number of nitrogens with two attached hydrogens (primary N) is 1. The van der Waals surface area contributed by atoms with Crippen LogP contribution in [0, 0.1) is 12.7 Å². The maximum Gasteiger partial charge on any atom is 0.224 e. The summed E-state index contributed by atoms with van der Waals surface area (Å²) in [7, 11) is 0. The third-order valence-corrected chi connectivity index (χ3v) is 4.18. The van der Waals surface area contributed by atoms with Gasteiger partial charge in [0.05, 0.1) is 13.2 Å². The second kappa shape index (κ2) is 10.7. The quantitative estimate of drug-likeness (QED) is 0.914. The number of hydrogen-bond donors (Lipinski definition) is 1. The summed E-state index contributed by atoms with van der Waals surface area (Å²) in [5.41, 5.74) is 7.82. The summed E-state index contributed by atoms with van der Waals surface area (Å²) >= 11 is 0. The first kappa shape index (κ1) is 20.1. The first-order valence-electron chi connectivity index (χ1n) is 8.92. The minimum atomic E-state index is -0.354. The minimum absolute atomic E-state index is 0.0205. The summed E-state index contributed by atoms with van der Waals surface area (Å²) in [6.45, 7) is 4.47. The van der Waals surface area contributed by atoms with E-state index in [1.54, 1.807) is 23.1 Å². The molecule has 1 heterocycles. The second-order valence-corrected chi connectivity index (χ2v) is 6.41. The van der Waals surface area contributed by atoms with Crippen molar-refractivity contribution in [1.29, 1.82) is 0 Å². The van der Waals surface area contributed by atoms with E-state index in [9.17, 15) is 9.18 Å². The number of ether oxygens (including phenoxy) is 1. The van der Waals surface area contributed by atoms with Crippen LogP contribution in [0.2, 0.25) is 0 Å². The minimum Gasteiger partial charge on any atom is -0.378 e. The fourth-order valence-electron chi connectivity index (χ4n) is 2.72. The van der Waals surface area contributed by atoms with Crippen molar-refractivity contribution >= 4 is 5.91 Å². The molecule has 3 rings (SSSR count). The van der Waals surface area contributed by atoms with Gasteiger partial charge in [0, 0.05) is 25.6 Å². The Morgan fingerprint density at radius 3 is 2.31 bits per heavy atom. The van der Waals surface area contributed by atoms with Gasteiger partial charge in [-0.25, -0.2) is 4.39 Å². The van der Waals surface area contributed by atoms with Crippen LogP contribution in [0.15, 0.2) is 54.6 Å². The summed E-state index contributed by atoms with van der Waals surface area (Å²) in [4.78, 5) is 13.7. The zero-order valence-electron chi connectivity index (χ0n) is 15.2. The number of hydrogen-bond acceptors (Lipinski definition) is 3. The summed E-state index contributed by atoms with van der Waals surface area (Å²) < 4.78 is 18.7. The Morgan fingerprint density at radius 1 is 1.12 bits per heavy atom. The number of amides is 1. The summed E-state index contributed by atoms with van der Waals surface area (Å²) in [5, 5.41) is 0. The van der Waals surface area contributed by atoms with Crippen LogP contribution in [0.5, 0.6) is 0 Å². The molecule has 26 heavy (non-hydrogen) atoms. The monoisotopic (exact) mass is 358 g/mol. The van der Waals surface area contributed by atoms with E-state index in [4.69, 9.17) is 10.5 Å². The second-order valence-electron chi connectivity index (χ2n) is 6.41. The number of aryl methyl sites for hydroxylation is 1. The summed E-state index contributed by atoms with van der Waals surface area (Å²) in [6, 6.07) is 16.4. The van der Waals surface area contributed by atoms with Gasteiger partial charge >= 0.3 is 0 Å². The van der Waals surface area contributed by atoms with Crippen LogP contribution in [0.1, 0.15) is 17.5 Å².